The summed E-state index contributed by atoms with van der Waals surface area (Å²) in [5, 5.41) is 6.12. The normalized spacial score (nSPS) is 10.9. The Bertz CT molecular complexity index is 1070. The zero-order chi connectivity index (χ0) is 19.9. The van der Waals surface area contributed by atoms with E-state index in [-0.39, 0.29) is 0 Å². The number of hydrogen-bond acceptors (Lipinski definition) is 2. The first-order valence-electron chi connectivity index (χ1n) is 10.2. The second-order valence-corrected chi connectivity index (χ2v) is 7.38. The van der Waals surface area contributed by atoms with Gasteiger partial charge >= 0.3 is 0 Å². The van der Waals surface area contributed by atoms with E-state index in [2.05, 4.69) is 97.2 Å². The van der Waals surface area contributed by atoms with Gasteiger partial charge in [0, 0.05) is 25.1 Å². The fourth-order valence-corrected chi connectivity index (χ4v) is 3.69. The van der Waals surface area contributed by atoms with Crippen LogP contribution < -0.4 is 10.1 Å². The van der Waals surface area contributed by atoms with Crippen LogP contribution in [0.3, 0.4) is 0 Å². The number of benzene rings is 4. The summed E-state index contributed by atoms with van der Waals surface area (Å²) in [5.41, 5.74) is 5.17. The number of rotatable bonds is 8. The minimum atomic E-state index is 0.674. The Labute approximate surface area is 173 Å². The van der Waals surface area contributed by atoms with Crippen molar-refractivity contribution in [3.8, 4) is 5.75 Å². The molecular formula is C27H27NO. The maximum Gasteiger partial charge on any atom is 0.124 e. The second-order valence-electron chi connectivity index (χ2n) is 7.38. The Morgan fingerprint density at radius 3 is 2.34 bits per heavy atom. The van der Waals surface area contributed by atoms with Gasteiger partial charge in [0.15, 0.2) is 0 Å². The van der Waals surface area contributed by atoms with Gasteiger partial charge in [0.1, 0.15) is 5.75 Å². The molecule has 4 aromatic carbocycles. The summed E-state index contributed by atoms with van der Waals surface area (Å²) < 4.78 is 6.24. The summed E-state index contributed by atoms with van der Waals surface area (Å²) >= 11 is 0. The molecule has 0 spiro atoms. The van der Waals surface area contributed by atoms with Crippen LogP contribution >= 0.6 is 0 Å². The van der Waals surface area contributed by atoms with Crippen molar-refractivity contribution in [1.82, 2.24) is 5.32 Å². The van der Waals surface area contributed by atoms with Gasteiger partial charge in [-0.05, 0) is 40.5 Å². The molecule has 0 aliphatic rings. The highest BCUT2D eigenvalue weighted by atomic mass is 16.5. The molecule has 0 heterocycles. The Morgan fingerprint density at radius 2 is 1.48 bits per heavy atom. The lowest BCUT2D eigenvalue weighted by Crippen LogP contribution is -2.15. The fourth-order valence-electron chi connectivity index (χ4n) is 3.69. The Kier molecular flexibility index (Phi) is 6.23. The molecule has 0 fully saturated rings. The molecule has 0 amide bonds. The molecule has 0 unspecified atom stereocenters. The third kappa shape index (κ3) is 4.85. The molecule has 0 radical (unpaired) electrons. The quantitative estimate of drug-likeness (QED) is 0.400. The second kappa shape index (κ2) is 9.40. The van der Waals surface area contributed by atoms with E-state index in [9.17, 15) is 0 Å². The first kappa shape index (κ1) is 19.2. The number of aryl methyl sites for hydroxylation is 1. The predicted octanol–water partition coefficient (Wildman–Crippen LogP) is 6.06. The highest BCUT2D eigenvalue weighted by molar-refractivity contribution is 5.87. The number of hydrogen-bond donors (Lipinski definition) is 1. The minimum Gasteiger partial charge on any atom is -0.493 e. The van der Waals surface area contributed by atoms with Crippen molar-refractivity contribution >= 4 is 10.8 Å². The van der Waals surface area contributed by atoms with E-state index in [0.717, 1.165) is 25.3 Å². The van der Waals surface area contributed by atoms with Gasteiger partial charge < -0.3 is 10.1 Å². The molecule has 0 aromatic heterocycles. The summed E-state index contributed by atoms with van der Waals surface area (Å²) in [4.78, 5) is 0. The van der Waals surface area contributed by atoms with Crippen LogP contribution in [0.5, 0.6) is 5.75 Å². The van der Waals surface area contributed by atoms with Crippen LogP contribution in [0.2, 0.25) is 0 Å². The highest BCUT2D eigenvalue weighted by Gasteiger charge is 2.09. The third-order valence-electron chi connectivity index (χ3n) is 5.37. The maximum absolute atomic E-state index is 6.24. The summed E-state index contributed by atoms with van der Waals surface area (Å²) in [6.45, 7) is 4.45. The van der Waals surface area contributed by atoms with Crippen LogP contribution in [-0.4, -0.2) is 6.61 Å². The van der Waals surface area contributed by atoms with Crippen LogP contribution in [0, 0.1) is 6.92 Å². The summed E-state index contributed by atoms with van der Waals surface area (Å²) in [7, 11) is 0. The van der Waals surface area contributed by atoms with Crippen LogP contribution in [-0.2, 0) is 19.5 Å². The van der Waals surface area contributed by atoms with Crippen LogP contribution in [0.1, 0.15) is 22.3 Å². The van der Waals surface area contributed by atoms with E-state index in [1.807, 2.05) is 6.07 Å². The third-order valence-corrected chi connectivity index (χ3v) is 5.37. The van der Waals surface area contributed by atoms with E-state index < -0.39 is 0 Å². The lowest BCUT2D eigenvalue weighted by molar-refractivity contribution is 0.318. The van der Waals surface area contributed by atoms with E-state index in [0.29, 0.717) is 6.61 Å². The van der Waals surface area contributed by atoms with Gasteiger partial charge in [-0.25, -0.2) is 0 Å². The van der Waals surface area contributed by atoms with Gasteiger partial charge in [0.05, 0.1) is 6.61 Å². The van der Waals surface area contributed by atoms with E-state index in [1.165, 1.54) is 33.0 Å². The van der Waals surface area contributed by atoms with Crippen LogP contribution in [0.4, 0.5) is 0 Å². The van der Waals surface area contributed by atoms with Crippen molar-refractivity contribution in [3.05, 3.63) is 113 Å². The molecule has 4 aromatic rings. The van der Waals surface area contributed by atoms with Crippen LogP contribution in [0.25, 0.3) is 10.8 Å². The van der Waals surface area contributed by atoms with Crippen molar-refractivity contribution in [2.75, 3.05) is 6.61 Å². The van der Waals surface area contributed by atoms with Gasteiger partial charge in [-0.1, -0.05) is 84.9 Å². The maximum atomic E-state index is 6.24. The lowest BCUT2D eigenvalue weighted by Gasteiger charge is -2.16. The van der Waals surface area contributed by atoms with E-state index in [1.54, 1.807) is 0 Å². The summed E-state index contributed by atoms with van der Waals surface area (Å²) in [5.74, 6) is 0.969. The number of nitrogens with one attached hydrogen (secondary N) is 1. The largest absolute Gasteiger partial charge is 0.493 e. The molecule has 1 N–H and O–H groups in total. The molecular weight excluding hydrogens is 354 g/mol. The molecule has 29 heavy (non-hydrogen) atoms. The summed E-state index contributed by atoms with van der Waals surface area (Å²) in [6.07, 6.45) is 0.906. The topological polar surface area (TPSA) is 21.3 Å². The Morgan fingerprint density at radius 1 is 0.724 bits per heavy atom. The molecule has 0 atom stereocenters. The Hall–Kier alpha value is -3.10. The van der Waals surface area contributed by atoms with Crippen molar-refractivity contribution in [3.63, 3.8) is 0 Å². The zero-order valence-corrected chi connectivity index (χ0v) is 16.9. The molecule has 146 valence electrons. The molecule has 0 saturated heterocycles. The Balaban J connectivity index is 1.50. The van der Waals surface area contributed by atoms with Gasteiger partial charge in [-0.2, -0.15) is 0 Å². The van der Waals surface area contributed by atoms with Gasteiger partial charge in [0.2, 0.25) is 0 Å². The first-order valence-corrected chi connectivity index (χ1v) is 10.2. The zero-order valence-electron chi connectivity index (χ0n) is 16.9. The number of ether oxygens (including phenoxy) is 1. The van der Waals surface area contributed by atoms with Crippen molar-refractivity contribution < 1.29 is 4.74 Å². The predicted molar refractivity (Wildman–Crippen MR) is 121 cm³/mol. The van der Waals surface area contributed by atoms with E-state index >= 15 is 0 Å². The monoisotopic (exact) mass is 381 g/mol. The standard InChI is InChI=1S/C27H27NO/c1-21-9-5-6-13-24(21)19-28-20-26-25-14-8-7-12-23(25)15-16-27(26)29-18-17-22-10-3-2-4-11-22/h2-16,28H,17-20H2,1H3. The van der Waals surface area contributed by atoms with Crippen LogP contribution in [0.15, 0.2) is 91.0 Å². The van der Waals surface area contributed by atoms with Crippen molar-refractivity contribution in [1.29, 1.82) is 0 Å². The minimum absolute atomic E-state index is 0.674. The molecule has 2 heteroatoms. The fraction of sp³-hybridized carbons (Fsp3) is 0.185. The molecule has 0 aliphatic heterocycles. The highest BCUT2D eigenvalue weighted by Crippen LogP contribution is 2.28. The molecule has 0 aliphatic carbocycles. The van der Waals surface area contributed by atoms with Crippen molar-refractivity contribution in [2.45, 2.75) is 26.4 Å². The number of fused-ring (bicyclic) bond motifs is 1. The summed E-state index contributed by atoms with van der Waals surface area (Å²) in [6, 6.07) is 31.8. The van der Waals surface area contributed by atoms with Gasteiger partial charge in [-0.15, -0.1) is 0 Å². The molecule has 2 nitrogen and oxygen atoms in total. The SMILES string of the molecule is Cc1ccccc1CNCc1c(OCCc2ccccc2)ccc2ccccc12. The van der Waals surface area contributed by atoms with Crippen molar-refractivity contribution in [2.24, 2.45) is 0 Å². The molecule has 4 rings (SSSR count). The molecule has 0 bridgehead atoms. The first-order chi connectivity index (χ1) is 14.3. The van der Waals surface area contributed by atoms with Gasteiger partial charge in [-0.3, -0.25) is 0 Å². The molecule has 0 saturated carbocycles. The van der Waals surface area contributed by atoms with Gasteiger partial charge in [0.25, 0.3) is 0 Å². The average Bonchev–Trinajstić information content (AvgIpc) is 2.77. The average molecular weight is 382 g/mol. The van der Waals surface area contributed by atoms with E-state index in [4.69, 9.17) is 4.74 Å². The lowest BCUT2D eigenvalue weighted by atomic mass is 10.0. The smallest absolute Gasteiger partial charge is 0.124 e.